The van der Waals surface area contributed by atoms with Crippen molar-refractivity contribution in [3.8, 4) is 11.5 Å². The number of primary amides is 1. The number of methoxy groups -OCH3 is 2. The zero-order valence-corrected chi connectivity index (χ0v) is 14.2. The number of ether oxygens (including phenoxy) is 2. The molecule has 1 aliphatic carbocycles. The summed E-state index contributed by atoms with van der Waals surface area (Å²) >= 11 is 0. The van der Waals surface area contributed by atoms with Crippen LogP contribution in [-0.4, -0.2) is 26.0 Å². The summed E-state index contributed by atoms with van der Waals surface area (Å²) in [5, 5.41) is 2.75. The number of benzene rings is 2. The number of aryl methyl sites for hydroxylation is 2. The molecule has 6 heteroatoms. The molecule has 2 amide bonds. The largest absolute Gasteiger partial charge is 0.493 e. The SMILES string of the molecule is COc1cc(NC(=O)c2ccc3c(c2)CCC3)c(C(N)=O)cc1OC. The molecule has 0 heterocycles. The van der Waals surface area contributed by atoms with Gasteiger partial charge < -0.3 is 20.5 Å². The summed E-state index contributed by atoms with van der Waals surface area (Å²) in [6.07, 6.45) is 3.15. The van der Waals surface area contributed by atoms with Gasteiger partial charge in [-0.3, -0.25) is 9.59 Å². The second-order valence-electron chi connectivity index (χ2n) is 5.91. The molecule has 0 spiro atoms. The maximum atomic E-state index is 12.6. The number of amides is 2. The third-order valence-corrected chi connectivity index (χ3v) is 4.40. The highest BCUT2D eigenvalue weighted by Gasteiger charge is 2.19. The first-order valence-corrected chi connectivity index (χ1v) is 8.02. The maximum absolute atomic E-state index is 12.6. The zero-order valence-electron chi connectivity index (χ0n) is 14.2. The summed E-state index contributed by atoms with van der Waals surface area (Å²) in [5.41, 5.74) is 8.92. The van der Waals surface area contributed by atoms with Gasteiger partial charge in [-0.15, -0.1) is 0 Å². The quantitative estimate of drug-likeness (QED) is 0.875. The molecule has 0 aliphatic heterocycles. The molecule has 2 aromatic rings. The van der Waals surface area contributed by atoms with Crippen molar-refractivity contribution in [1.82, 2.24) is 0 Å². The number of carbonyl (C=O) groups excluding carboxylic acids is 2. The normalized spacial score (nSPS) is 12.4. The molecule has 0 radical (unpaired) electrons. The second-order valence-corrected chi connectivity index (χ2v) is 5.91. The summed E-state index contributed by atoms with van der Waals surface area (Å²) in [5.74, 6) is -0.196. The third-order valence-electron chi connectivity index (χ3n) is 4.40. The molecule has 0 bridgehead atoms. The fourth-order valence-corrected chi connectivity index (χ4v) is 3.09. The Balaban J connectivity index is 1.93. The molecule has 6 nitrogen and oxygen atoms in total. The summed E-state index contributed by atoms with van der Waals surface area (Å²) in [6.45, 7) is 0. The van der Waals surface area contributed by atoms with Crippen molar-refractivity contribution in [2.24, 2.45) is 5.73 Å². The average molecular weight is 340 g/mol. The van der Waals surface area contributed by atoms with Crippen LogP contribution in [0.1, 0.15) is 38.3 Å². The molecule has 25 heavy (non-hydrogen) atoms. The number of anilines is 1. The molecule has 0 aromatic heterocycles. The number of nitrogens with one attached hydrogen (secondary N) is 1. The Bertz CT molecular complexity index is 846. The lowest BCUT2D eigenvalue weighted by Gasteiger charge is -2.14. The molecular formula is C19H20N2O4. The van der Waals surface area contributed by atoms with E-state index in [1.165, 1.54) is 37.5 Å². The molecule has 0 fully saturated rings. The topological polar surface area (TPSA) is 90.6 Å². The lowest BCUT2D eigenvalue weighted by Crippen LogP contribution is -2.19. The Kier molecular flexibility index (Phi) is 4.61. The summed E-state index contributed by atoms with van der Waals surface area (Å²) in [4.78, 5) is 24.3. The van der Waals surface area contributed by atoms with Gasteiger partial charge in [0.05, 0.1) is 25.5 Å². The van der Waals surface area contributed by atoms with Crippen molar-refractivity contribution in [2.75, 3.05) is 19.5 Å². The van der Waals surface area contributed by atoms with Crippen LogP contribution in [0.2, 0.25) is 0 Å². The minimum Gasteiger partial charge on any atom is -0.493 e. The monoisotopic (exact) mass is 340 g/mol. The van der Waals surface area contributed by atoms with E-state index < -0.39 is 5.91 Å². The Hall–Kier alpha value is -3.02. The maximum Gasteiger partial charge on any atom is 0.255 e. The second kappa shape index (κ2) is 6.84. The van der Waals surface area contributed by atoms with Gasteiger partial charge in [0, 0.05) is 11.6 Å². The minimum atomic E-state index is -0.662. The fraction of sp³-hybridized carbons (Fsp3) is 0.263. The van der Waals surface area contributed by atoms with E-state index in [2.05, 4.69) is 5.32 Å². The Morgan fingerprint density at radius 2 is 1.68 bits per heavy atom. The predicted molar refractivity (Wildman–Crippen MR) is 94.5 cm³/mol. The van der Waals surface area contributed by atoms with E-state index in [-0.39, 0.29) is 17.2 Å². The van der Waals surface area contributed by atoms with Crippen LogP contribution in [0.5, 0.6) is 11.5 Å². The standard InChI is InChI=1S/C19H20N2O4/c1-24-16-9-14(18(20)22)15(10-17(16)25-2)21-19(23)13-7-6-11-4-3-5-12(11)8-13/h6-10H,3-5H2,1-2H3,(H2,20,22)(H,21,23). The van der Waals surface area contributed by atoms with E-state index >= 15 is 0 Å². The van der Waals surface area contributed by atoms with Crippen LogP contribution in [0.15, 0.2) is 30.3 Å². The van der Waals surface area contributed by atoms with Crippen LogP contribution in [0.3, 0.4) is 0 Å². The Morgan fingerprint density at radius 3 is 2.36 bits per heavy atom. The van der Waals surface area contributed by atoms with Gasteiger partial charge in [-0.25, -0.2) is 0 Å². The molecule has 2 aromatic carbocycles. The van der Waals surface area contributed by atoms with Gasteiger partial charge in [0.25, 0.3) is 11.8 Å². The van der Waals surface area contributed by atoms with Crippen LogP contribution in [-0.2, 0) is 12.8 Å². The highest BCUT2D eigenvalue weighted by atomic mass is 16.5. The van der Waals surface area contributed by atoms with Gasteiger partial charge in [-0.2, -0.15) is 0 Å². The number of fused-ring (bicyclic) bond motifs is 1. The van der Waals surface area contributed by atoms with E-state index in [9.17, 15) is 9.59 Å². The van der Waals surface area contributed by atoms with E-state index in [1.54, 1.807) is 6.07 Å². The smallest absolute Gasteiger partial charge is 0.255 e. The lowest BCUT2D eigenvalue weighted by molar-refractivity contribution is 0.100. The fourth-order valence-electron chi connectivity index (χ4n) is 3.09. The Morgan fingerprint density at radius 1 is 1.00 bits per heavy atom. The molecule has 3 rings (SSSR count). The molecule has 1 aliphatic rings. The van der Waals surface area contributed by atoms with Crippen LogP contribution < -0.4 is 20.5 Å². The van der Waals surface area contributed by atoms with Gasteiger partial charge in [0.2, 0.25) is 0 Å². The molecule has 130 valence electrons. The number of rotatable bonds is 5. The third kappa shape index (κ3) is 3.28. The minimum absolute atomic E-state index is 0.159. The average Bonchev–Trinajstić information content (AvgIpc) is 3.08. The lowest BCUT2D eigenvalue weighted by atomic mass is 10.1. The number of carbonyl (C=O) groups is 2. The highest BCUT2D eigenvalue weighted by molar-refractivity contribution is 6.09. The number of hydrogen-bond acceptors (Lipinski definition) is 4. The molecule has 0 unspecified atom stereocenters. The van der Waals surface area contributed by atoms with Gasteiger partial charge in [0.15, 0.2) is 11.5 Å². The van der Waals surface area contributed by atoms with Crippen molar-refractivity contribution in [3.63, 3.8) is 0 Å². The number of nitrogens with two attached hydrogens (primary N) is 1. The van der Waals surface area contributed by atoms with Crippen molar-refractivity contribution in [1.29, 1.82) is 0 Å². The predicted octanol–water partition coefficient (Wildman–Crippen LogP) is 2.54. The van der Waals surface area contributed by atoms with Gasteiger partial charge in [-0.05, 0) is 48.6 Å². The summed E-state index contributed by atoms with van der Waals surface area (Å²) in [6, 6.07) is 8.68. The van der Waals surface area contributed by atoms with Gasteiger partial charge in [0.1, 0.15) is 0 Å². The van der Waals surface area contributed by atoms with Crippen molar-refractivity contribution in [2.45, 2.75) is 19.3 Å². The number of hydrogen-bond donors (Lipinski definition) is 2. The van der Waals surface area contributed by atoms with E-state index in [0.29, 0.717) is 17.1 Å². The van der Waals surface area contributed by atoms with Crippen LogP contribution in [0.4, 0.5) is 5.69 Å². The molecule has 3 N–H and O–H groups in total. The van der Waals surface area contributed by atoms with Gasteiger partial charge in [-0.1, -0.05) is 6.07 Å². The van der Waals surface area contributed by atoms with E-state index in [1.807, 2.05) is 12.1 Å². The molecule has 0 atom stereocenters. The summed E-state index contributed by atoms with van der Waals surface area (Å²) in [7, 11) is 2.94. The summed E-state index contributed by atoms with van der Waals surface area (Å²) < 4.78 is 10.4. The van der Waals surface area contributed by atoms with Crippen LogP contribution in [0.25, 0.3) is 0 Å². The first kappa shape index (κ1) is 16.8. The van der Waals surface area contributed by atoms with Gasteiger partial charge >= 0.3 is 0 Å². The first-order chi connectivity index (χ1) is 12.0. The molecule has 0 saturated heterocycles. The van der Waals surface area contributed by atoms with Crippen molar-refractivity contribution in [3.05, 3.63) is 52.6 Å². The first-order valence-electron chi connectivity index (χ1n) is 8.02. The van der Waals surface area contributed by atoms with Crippen molar-refractivity contribution >= 4 is 17.5 Å². The zero-order chi connectivity index (χ0) is 18.0. The Labute approximate surface area is 145 Å². The van der Waals surface area contributed by atoms with E-state index in [4.69, 9.17) is 15.2 Å². The molecule has 0 saturated carbocycles. The molecular weight excluding hydrogens is 320 g/mol. The van der Waals surface area contributed by atoms with Crippen molar-refractivity contribution < 1.29 is 19.1 Å². The van der Waals surface area contributed by atoms with E-state index in [0.717, 1.165) is 19.3 Å². The van der Waals surface area contributed by atoms with Crippen LogP contribution in [0, 0.1) is 0 Å². The highest BCUT2D eigenvalue weighted by Crippen LogP contribution is 2.33. The van der Waals surface area contributed by atoms with Crippen LogP contribution >= 0.6 is 0 Å².